The van der Waals surface area contributed by atoms with Crippen LogP contribution in [-0.4, -0.2) is 24.4 Å². The van der Waals surface area contributed by atoms with E-state index in [9.17, 15) is 5.11 Å². The van der Waals surface area contributed by atoms with E-state index in [0.717, 1.165) is 39.0 Å². The predicted molar refractivity (Wildman–Crippen MR) is 79.6 cm³/mol. The van der Waals surface area contributed by atoms with Gasteiger partial charge in [0.1, 0.15) is 17.1 Å². The smallest absolute Gasteiger partial charge is 0.137 e. The van der Waals surface area contributed by atoms with Crippen molar-refractivity contribution in [1.82, 2.24) is 0 Å². The van der Waals surface area contributed by atoms with Crippen molar-refractivity contribution in [1.29, 1.82) is 0 Å². The van der Waals surface area contributed by atoms with Crippen molar-refractivity contribution >= 4 is 22.6 Å². The second-order valence-corrected chi connectivity index (χ2v) is 6.19. The average Bonchev–Trinajstić information content (AvgIpc) is 2.37. The van der Waals surface area contributed by atoms with Gasteiger partial charge in [-0.15, -0.1) is 0 Å². The molecule has 0 saturated carbocycles. The maximum absolute atomic E-state index is 9.45. The van der Waals surface area contributed by atoms with Crippen LogP contribution in [0.4, 0.5) is 0 Å². The summed E-state index contributed by atoms with van der Waals surface area (Å²) in [5.74, 6) is 1.88. The highest BCUT2D eigenvalue weighted by Crippen LogP contribution is 2.44. The molecule has 0 radical (unpaired) electrons. The van der Waals surface area contributed by atoms with Crippen LogP contribution in [0.15, 0.2) is 0 Å². The van der Waals surface area contributed by atoms with Gasteiger partial charge in [0, 0.05) is 11.1 Å². The molecule has 4 heteroatoms. The lowest BCUT2D eigenvalue weighted by atomic mass is 9.89. The largest absolute Gasteiger partial charge is 0.496 e. The van der Waals surface area contributed by atoms with Gasteiger partial charge in [0.25, 0.3) is 0 Å². The van der Waals surface area contributed by atoms with Crippen LogP contribution in [-0.2, 0) is 6.42 Å². The zero-order valence-corrected chi connectivity index (χ0v) is 13.4. The van der Waals surface area contributed by atoms with Crippen molar-refractivity contribution in [3.8, 4) is 11.5 Å². The molecule has 1 aliphatic rings. The fraction of sp³-hybridized carbons (Fsp3) is 0.571. The Morgan fingerprint density at radius 2 is 2.06 bits per heavy atom. The van der Waals surface area contributed by atoms with Crippen LogP contribution in [0.2, 0.25) is 0 Å². The maximum Gasteiger partial charge on any atom is 0.137 e. The molecule has 1 unspecified atom stereocenters. The molecule has 1 heterocycles. The van der Waals surface area contributed by atoms with Gasteiger partial charge in [-0.3, -0.25) is 0 Å². The molecule has 0 fully saturated rings. The van der Waals surface area contributed by atoms with E-state index in [1.165, 1.54) is 5.56 Å². The minimum absolute atomic E-state index is 0.0483. The van der Waals surface area contributed by atoms with Gasteiger partial charge in [-0.25, -0.2) is 0 Å². The summed E-state index contributed by atoms with van der Waals surface area (Å²) in [4.78, 5) is 0. The Morgan fingerprint density at radius 1 is 1.39 bits per heavy atom. The first kappa shape index (κ1) is 13.9. The minimum Gasteiger partial charge on any atom is -0.496 e. The van der Waals surface area contributed by atoms with E-state index in [4.69, 9.17) is 9.47 Å². The quantitative estimate of drug-likeness (QED) is 0.823. The van der Waals surface area contributed by atoms with Crippen molar-refractivity contribution in [2.75, 3.05) is 13.7 Å². The monoisotopic (exact) mass is 362 g/mol. The molecule has 3 nitrogen and oxygen atoms in total. The van der Waals surface area contributed by atoms with E-state index in [1.807, 2.05) is 13.8 Å². The Balaban J connectivity index is 2.59. The summed E-state index contributed by atoms with van der Waals surface area (Å²) in [5, 5.41) is 9.45. The van der Waals surface area contributed by atoms with Crippen molar-refractivity contribution in [2.45, 2.75) is 39.2 Å². The lowest BCUT2D eigenvalue weighted by molar-refractivity contribution is 0.00702. The van der Waals surface area contributed by atoms with Gasteiger partial charge in [0.15, 0.2) is 0 Å². The van der Waals surface area contributed by atoms with Crippen LogP contribution < -0.4 is 9.47 Å². The fourth-order valence-corrected chi connectivity index (χ4v) is 3.18. The summed E-state index contributed by atoms with van der Waals surface area (Å²) >= 11 is 2.30. The Bertz CT molecular complexity index is 485. The zero-order chi connectivity index (χ0) is 13.5. The van der Waals surface area contributed by atoms with Gasteiger partial charge in [-0.2, -0.15) is 0 Å². The van der Waals surface area contributed by atoms with Crippen LogP contribution >= 0.6 is 22.6 Å². The number of rotatable bonds is 2. The lowest BCUT2D eigenvalue weighted by Gasteiger charge is -2.36. The molecule has 0 aliphatic carbocycles. The highest BCUT2D eigenvalue weighted by Gasteiger charge is 2.34. The summed E-state index contributed by atoms with van der Waals surface area (Å²) < 4.78 is 12.6. The summed E-state index contributed by atoms with van der Waals surface area (Å²) in [5.41, 5.74) is 3.02. The molecule has 0 amide bonds. The average molecular weight is 362 g/mol. The van der Waals surface area contributed by atoms with Gasteiger partial charge in [0.05, 0.1) is 17.3 Å². The van der Waals surface area contributed by atoms with Crippen LogP contribution in [0.3, 0.4) is 0 Å². The molecular weight excluding hydrogens is 343 g/mol. The Labute approximate surface area is 122 Å². The van der Waals surface area contributed by atoms with Gasteiger partial charge in [0.2, 0.25) is 0 Å². The first-order valence-corrected chi connectivity index (χ1v) is 7.17. The molecule has 100 valence electrons. The maximum atomic E-state index is 9.45. The number of hydrogen-bond acceptors (Lipinski definition) is 3. The number of hydrogen-bond donors (Lipinski definition) is 1. The second-order valence-electron chi connectivity index (χ2n) is 5.11. The van der Waals surface area contributed by atoms with Gasteiger partial charge < -0.3 is 14.6 Å². The number of aliphatic hydroxyl groups is 1. The summed E-state index contributed by atoms with van der Waals surface area (Å²) in [6.45, 7) is 6.13. The molecule has 0 aromatic heterocycles. The molecule has 1 N–H and O–H groups in total. The third-order valence-electron chi connectivity index (χ3n) is 3.73. The van der Waals surface area contributed by atoms with Crippen molar-refractivity contribution < 1.29 is 14.6 Å². The Hall–Kier alpha value is -0.490. The topological polar surface area (TPSA) is 38.7 Å². The number of aliphatic hydroxyl groups excluding tert-OH is 1. The Kier molecular flexibility index (Phi) is 3.78. The molecule has 1 atom stereocenters. The predicted octanol–water partition coefficient (Wildman–Crippen LogP) is 2.99. The molecule has 0 saturated heterocycles. The van der Waals surface area contributed by atoms with Gasteiger partial charge >= 0.3 is 0 Å². The highest BCUT2D eigenvalue weighted by molar-refractivity contribution is 14.1. The SMILES string of the molecule is COc1c(C)c(I)c2c(c1C)CCC(C)(CO)O2. The normalized spacial score (nSPS) is 22.3. The van der Waals surface area contributed by atoms with E-state index >= 15 is 0 Å². The molecule has 0 spiro atoms. The van der Waals surface area contributed by atoms with E-state index in [1.54, 1.807) is 7.11 Å². The summed E-state index contributed by atoms with van der Waals surface area (Å²) in [6.07, 6.45) is 1.75. The highest BCUT2D eigenvalue weighted by atomic mass is 127. The second kappa shape index (κ2) is 4.89. The third kappa shape index (κ3) is 2.09. The molecule has 1 aromatic rings. The van der Waals surface area contributed by atoms with Crippen LogP contribution in [0.1, 0.15) is 30.0 Å². The van der Waals surface area contributed by atoms with Crippen LogP contribution in [0.25, 0.3) is 0 Å². The van der Waals surface area contributed by atoms with Crippen molar-refractivity contribution in [3.63, 3.8) is 0 Å². The molecule has 0 bridgehead atoms. The molecule has 1 aromatic carbocycles. The summed E-state index contributed by atoms with van der Waals surface area (Å²) in [6, 6.07) is 0. The molecule has 2 rings (SSSR count). The van der Waals surface area contributed by atoms with E-state index in [-0.39, 0.29) is 6.61 Å². The third-order valence-corrected chi connectivity index (χ3v) is 5.03. The standard InChI is InChI=1S/C14H19IO3/c1-8-10-5-6-14(3,7-16)18-13(10)11(15)9(2)12(8)17-4/h16H,5-7H2,1-4H3. The molecule has 18 heavy (non-hydrogen) atoms. The number of ether oxygens (including phenoxy) is 2. The summed E-state index contributed by atoms with van der Waals surface area (Å²) in [7, 11) is 1.71. The number of halogens is 1. The van der Waals surface area contributed by atoms with Gasteiger partial charge in [-0.1, -0.05) is 0 Å². The Morgan fingerprint density at radius 3 is 2.61 bits per heavy atom. The number of benzene rings is 1. The first-order chi connectivity index (χ1) is 8.43. The zero-order valence-electron chi connectivity index (χ0n) is 11.3. The lowest BCUT2D eigenvalue weighted by Crippen LogP contribution is -2.40. The van der Waals surface area contributed by atoms with Gasteiger partial charge in [-0.05, 0) is 61.8 Å². The van der Waals surface area contributed by atoms with Crippen LogP contribution in [0.5, 0.6) is 11.5 Å². The van der Waals surface area contributed by atoms with E-state index < -0.39 is 5.60 Å². The number of fused-ring (bicyclic) bond motifs is 1. The van der Waals surface area contributed by atoms with Crippen molar-refractivity contribution in [2.24, 2.45) is 0 Å². The minimum atomic E-state index is -0.458. The van der Waals surface area contributed by atoms with E-state index in [2.05, 4.69) is 29.5 Å². The molecular formula is C14H19IO3. The fourth-order valence-electron chi connectivity index (χ4n) is 2.50. The van der Waals surface area contributed by atoms with Crippen LogP contribution in [0, 0.1) is 17.4 Å². The van der Waals surface area contributed by atoms with E-state index in [0.29, 0.717) is 0 Å². The first-order valence-electron chi connectivity index (χ1n) is 6.09. The molecule has 1 aliphatic heterocycles. The number of methoxy groups -OCH3 is 1. The van der Waals surface area contributed by atoms with Crippen molar-refractivity contribution in [3.05, 3.63) is 20.3 Å².